The topological polar surface area (TPSA) is 0 Å². The average Bonchev–Trinajstić information content (AvgIpc) is 2.81. The zero-order chi connectivity index (χ0) is 21.3. The van der Waals surface area contributed by atoms with Crippen LogP contribution in [0.1, 0.15) is 121 Å². The lowest BCUT2D eigenvalue weighted by Gasteiger charge is -2.30. The van der Waals surface area contributed by atoms with Crippen LogP contribution in [0.3, 0.4) is 0 Å². The van der Waals surface area contributed by atoms with Crippen LogP contribution in [0.2, 0.25) is 0 Å². The van der Waals surface area contributed by atoms with E-state index in [-0.39, 0.29) is 0 Å². The Morgan fingerprint density at radius 2 is 1.42 bits per heavy atom. The largest absolute Gasteiger partial charge is 0.0952 e. The number of rotatable bonds is 5. The van der Waals surface area contributed by atoms with Crippen molar-refractivity contribution < 1.29 is 0 Å². The first-order valence-electron chi connectivity index (χ1n) is 11.3. The molecule has 0 heteroatoms. The Balaban J connectivity index is -0.000000497. The van der Waals surface area contributed by atoms with Crippen molar-refractivity contribution >= 4 is 0 Å². The summed E-state index contributed by atoms with van der Waals surface area (Å²) in [6.07, 6.45) is 8.56. The fourth-order valence-electron chi connectivity index (χ4n) is 3.16. The summed E-state index contributed by atoms with van der Waals surface area (Å²) in [7, 11) is 0. The van der Waals surface area contributed by atoms with Crippen molar-refractivity contribution in [2.45, 2.75) is 121 Å². The second kappa shape index (κ2) is 17.6. The van der Waals surface area contributed by atoms with E-state index in [2.05, 4.69) is 61.6 Å². The summed E-state index contributed by atoms with van der Waals surface area (Å²) in [6.45, 7) is 32.3. The molecule has 1 aliphatic carbocycles. The normalized spacial score (nSPS) is 15.6. The third-order valence-electron chi connectivity index (χ3n) is 5.47. The van der Waals surface area contributed by atoms with Crippen molar-refractivity contribution in [3.8, 4) is 0 Å². The first-order chi connectivity index (χ1) is 12.3. The Morgan fingerprint density at radius 1 is 1.00 bits per heavy atom. The van der Waals surface area contributed by atoms with E-state index in [4.69, 9.17) is 0 Å². The quantitative estimate of drug-likeness (QED) is 0.455. The van der Waals surface area contributed by atoms with Crippen LogP contribution >= 0.6 is 0 Å². The van der Waals surface area contributed by atoms with Gasteiger partial charge in [-0.2, -0.15) is 0 Å². The molecule has 0 aromatic carbocycles. The van der Waals surface area contributed by atoms with Gasteiger partial charge in [-0.3, -0.25) is 0 Å². The van der Waals surface area contributed by atoms with Gasteiger partial charge in [-0.25, -0.2) is 0 Å². The summed E-state index contributed by atoms with van der Waals surface area (Å²) < 4.78 is 0. The van der Waals surface area contributed by atoms with Gasteiger partial charge in [0.05, 0.1) is 0 Å². The molecule has 0 bridgehead atoms. The molecule has 0 radical (unpaired) electrons. The Labute approximate surface area is 168 Å². The number of hydrogen-bond donors (Lipinski definition) is 0. The van der Waals surface area contributed by atoms with Crippen LogP contribution in [0.25, 0.3) is 0 Å². The van der Waals surface area contributed by atoms with Crippen molar-refractivity contribution in [3.63, 3.8) is 0 Å². The fraction of sp³-hybridized carbons (Fsp3) is 0.769. The lowest BCUT2D eigenvalue weighted by Crippen LogP contribution is -2.18. The molecule has 1 rings (SSSR count). The molecular formula is C26H52. The number of hydrogen-bond acceptors (Lipinski definition) is 0. The number of allylic oxidation sites excluding steroid dienone is 4. The maximum Gasteiger partial charge on any atom is -0.0215 e. The summed E-state index contributed by atoms with van der Waals surface area (Å²) in [5.74, 6) is 0.884. The van der Waals surface area contributed by atoms with E-state index in [1.807, 2.05) is 27.7 Å². The monoisotopic (exact) mass is 364 g/mol. The fourth-order valence-corrected chi connectivity index (χ4v) is 3.16. The average molecular weight is 365 g/mol. The summed E-state index contributed by atoms with van der Waals surface area (Å²) in [5, 5.41) is 0. The highest BCUT2D eigenvalue weighted by atomic mass is 14.4. The van der Waals surface area contributed by atoms with Gasteiger partial charge < -0.3 is 0 Å². The second-order valence-electron chi connectivity index (χ2n) is 7.40. The standard InChI is InChI=1S/C17H28.C5H12.2C2H6/c1-7-13(4)16-14(5)10-11-17(8-2,9-3)12-15(16)6;1-4-5(2)3;2*1-2/h4-5,7-12H2,1-3,6H3;5H,4H2,1-3H3;2*1-2H3. The summed E-state index contributed by atoms with van der Waals surface area (Å²) in [4.78, 5) is 0. The Morgan fingerprint density at radius 3 is 1.73 bits per heavy atom. The Hall–Kier alpha value is -0.780. The molecule has 0 atom stereocenters. The van der Waals surface area contributed by atoms with Crippen molar-refractivity contribution in [1.29, 1.82) is 0 Å². The lowest BCUT2D eigenvalue weighted by molar-refractivity contribution is 0.241. The molecule has 0 saturated carbocycles. The summed E-state index contributed by atoms with van der Waals surface area (Å²) >= 11 is 0. The molecule has 0 aliphatic heterocycles. The van der Waals surface area contributed by atoms with Gasteiger partial charge in [-0.15, -0.1) is 0 Å². The predicted molar refractivity (Wildman–Crippen MR) is 126 cm³/mol. The smallest absolute Gasteiger partial charge is 0.0215 e. The molecule has 0 unspecified atom stereocenters. The van der Waals surface area contributed by atoms with Crippen molar-refractivity contribution in [3.05, 3.63) is 35.5 Å². The van der Waals surface area contributed by atoms with E-state index >= 15 is 0 Å². The van der Waals surface area contributed by atoms with Gasteiger partial charge in [0.25, 0.3) is 0 Å². The summed E-state index contributed by atoms with van der Waals surface area (Å²) in [5.41, 5.74) is 6.01. The van der Waals surface area contributed by atoms with Gasteiger partial charge in [-0.05, 0) is 60.7 Å². The zero-order valence-electron chi connectivity index (χ0n) is 20.4. The van der Waals surface area contributed by atoms with Gasteiger partial charge in [0.15, 0.2) is 0 Å². The lowest BCUT2D eigenvalue weighted by atomic mass is 9.74. The van der Waals surface area contributed by atoms with Crippen LogP contribution in [0, 0.1) is 11.3 Å². The molecule has 0 aromatic rings. The highest BCUT2D eigenvalue weighted by Gasteiger charge is 2.30. The molecule has 0 N–H and O–H groups in total. The molecule has 156 valence electrons. The SMILES string of the molecule is C=C(CC)C1=C(C)CC(CC)(CC)CCC1=C.CC.CC.CCC(C)C. The van der Waals surface area contributed by atoms with Gasteiger partial charge in [-0.1, -0.05) is 107 Å². The van der Waals surface area contributed by atoms with Crippen LogP contribution in [0.4, 0.5) is 0 Å². The van der Waals surface area contributed by atoms with Crippen LogP contribution in [0.15, 0.2) is 35.5 Å². The van der Waals surface area contributed by atoms with Gasteiger partial charge in [0.2, 0.25) is 0 Å². The maximum atomic E-state index is 4.29. The van der Waals surface area contributed by atoms with Crippen molar-refractivity contribution in [2.75, 3.05) is 0 Å². The second-order valence-corrected chi connectivity index (χ2v) is 7.40. The predicted octanol–water partition coefficient (Wildman–Crippen LogP) is 9.92. The van der Waals surface area contributed by atoms with Crippen molar-refractivity contribution in [1.82, 2.24) is 0 Å². The first kappa shape index (κ1) is 30.0. The Kier molecular flexibility index (Phi) is 20.3. The van der Waals surface area contributed by atoms with Crippen LogP contribution < -0.4 is 0 Å². The minimum absolute atomic E-state index is 0.503. The molecule has 1 aliphatic rings. The molecule has 0 aromatic heterocycles. The zero-order valence-corrected chi connectivity index (χ0v) is 20.4. The van der Waals surface area contributed by atoms with Crippen LogP contribution in [-0.4, -0.2) is 0 Å². The van der Waals surface area contributed by atoms with E-state index in [0.717, 1.165) is 18.8 Å². The molecule has 26 heavy (non-hydrogen) atoms. The Bertz CT molecular complexity index is 388. The van der Waals surface area contributed by atoms with Gasteiger partial charge >= 0.3 is 0 Å². The maximum absolute atomic E-state index is 4.29. The molecular weight excluding hydrogens is 312 g/mol. The molecule has 0 nitrogen and oxygen atoms in total. The first-order valence-corrected chi connectivity index (χ1v) is 11.3. The van der Waals surface area contributed by atoms with Crippen LogP contribution in [-0.2, 0) is 0 Å². The van der Waals surface area contributed by atoms with Gasteiger partial charge in [0, 0.05) is 0 Å². The molecule has 0 fully saturated rings. The third-order valence-corrected chi connectivity index (χ3v) is 5.47. The van der Waals surface area contributed by atoms with Gasteiger partial charge in [0.1, 0.15) is 0 Å². The molecule has 0 saturated heterocycles. The minimum Gasteiger partial charge on any atom is -0.0952 e. The van der Waals surface area contributed by atoms with E-state index in [1.54, 1.807) is 0 Å². The summed E-state index contributed by atoms with van der Waals surface area (Å²) in [6, 6.07) is 0. The highest BCUT2D eigenvalue weighted by molar-refractivity contribution is 5.48. The van der Waals surface area contributed by atoms with E-state index in [1.165, 1.54) is 54.4 Å². The highest BCUT2D eigenvalue weighted by Crippen LogP contribution is 2.45. The molecule has 0 heterocycles. The van der Waals surface area contributed by atoms with E-state index < -0.39 is 0 Å². The third kappa shape index (κ3) is 11.0. The van der Waals surface area contributed by atoms with E-state index in [9.17, 15) is 0 Å². The minimum atomic E-state index is 0.503. The van der Waals surface area contributed by atoms with E-state index in [0.29, 0.717) is 5.41 Å². The van der Waals surface area contributed by atoms with Crippen molar-refractivity contribution in [2.24, 2.45) is 11.3 Å². The van der Waals surface area contributed by atoms with Crippen LogP contribution in [0.5, 0.6) is 0 Å². The molecule has 0 spiro atoms. The molecule has 0 amide bonds.